The maximum Gasteiger partial charge on any atom is 0.517 e. The van der Waals surface area contributed by atoms with E-state index in [2.05, 4.69) is 10.3 Å². The van der Waals surface area contributed by atoms with Gasteiger partial charge in [-0.3, -0.25) is 14.4 Å². The number of rotatable bonds is 8. The number of carbonyl (C=O) groups excluding carboxylic acids is 3. The van der Waals surface area contributed by atoms with Crippen LogP contribution < -0.4 is 5.32 Å². The molecule has 4 rings (SSSR count). The summed E-state index contributed by atoms with van der Waals surface area (Å²) in [6.45, 7) is 1.72. The molecule has 0 radical (unpaired) electrons. The molecular formula is C26H26ClF2N3O5P+. The van der Waals surface area contributed by atoms with Crippen molar-refractivity contribution >= 4 is 48.1 Å². The van der Waals surface area contributed by atoms with Crippen LogP contribution in [0.3, 0.4) is 0 Å². The number of nitrogens with one attached hydrogen (secondary N) is 2. The fraction of sp³-hybridized carbons (Fsp3) is 0.346. The van der Waals surface area contributed by atoms with Crippen molar-refractivity contribution in [3.05, 3.63) is 70.6 Å². The number of alkyl halides is 1. The summed E-state index contributed by atoms with van der Waals surface area (Å²) < 4.78 is 41.8. The second kappa shape index (κ2) is 10.9. The molecule has 0 spiro atoms. The molecule has 5 atom stereocenters. The highest BCUT2D eigenvalue weighted by atomic mass is 35.5. The van der Waals surface area contributed by atoms with Gasteiger partial charge in [-0.1, -0.05) is 35.9 Å². The molecule has 1 fully saturated rings. The van der Waals surface area contributed by atoms with Crippen molar-refractivity contribution in [2.24, 2.45) is 5.92 Å². The van der Waals surface area contributed by atoms with Gasteiger partial charge in [0.1, 0.15) is 23.8 Å². The number of aromatic amines is 1. The molecule has 2 heterocycles. The van der Waals surface area contributed by atoms with Crippen molar-refractivity contribution in [3.8, 4) is 0 Å². The summed E-state index contributed by atoms with van der Waals surface area (Å²) in [6, 6.07) is 9.60. The minimum Gasteiger partial charge on any atom is -0.361 e. The summed E-state index contributed by atoms with van der Waals surface area (Å²) in [5.41, 5.74) is 1.17. The Morgan fingerprint density at radius 1 is 1.26 bits per heavy atom. The number of halogens is 3. The summed E-state index contributed by atoms with van der Waals surface area (Å²) in [7, 11) is -2.94. The molecule has 0 aliphatic carbocycles. The quantitative estimate of drug-likeness (QED) is 0.351. The first kappa shape index (κ1) is 27.8. The van der Waals surface area contributed by atoms with Crippen molar-refractivity contribution in [2.45, 2.75) is 44.2 Å². The van der Waals surface area contributed by atoms with Crippen LogP contribution in [0.4, 0.5) is 8.78 Å². The highest BCUT2D eigenvalue weighted by Crippen LogP contribution is 2.48. The fourth-order valence-corrected chi connectivity index (χ4v) is 5.70. The second-order valence-corrected chi connectivity index (χ2v) is 11.5. The van der Waals surface area contributed by atoms with Crippen molar-refractivity contribution in [1.82, 2.24) is 15.2 Å². The molecule has 1 aliphatic rings. The lowest BCUT2D eigenvalue weighted by atomic mass is 9.93. The molecule has 38 heavy (non-hydrogen) atoms. The van der Waals surface area contributed by atoms with Crippen LogP contribution in [-0.4, -0.2) is 51.1 Å². The van der Waals surface area contributed by atoms with Gasteiger partial charge in [-0.15, -0.1) is 0 Å². The normalized spacial score (nSPS) is 21.3. The first-order valence-corrected chi connectivity index (χ1v) is 13.4. The molecule has 3 unspecified atom stereocenters. The molecule has 3 N–H and O–H groups in total. The lowest BCUT2D eigenvalue weighted by molar-refractivity contribution is -0.141. The molecule has 2 amide bonds. The summed E-state index contributed by atoms with van der Waals surface area (Å²) in [5.74, 6) is -4.41. The van der Waals surface area contributed by atoms with E-state index >= 15 is 4.39 Å². The largest absolute Gasteiger partial charge is 0.517 e. The highest BCUT2D eigenvalue weighted by molar-refractivity contribution is 7.39. The summed E-state index contributed by atoms with van der Waals surface area (Å²) in [4.78, 5) is 53.2. The first-order valence-electron chi connectivity index (χ1n) is 11.8. The molecule has 12 heteroatoms. The van der Waals surface area contributed by atoms with Crippen LogP contribution in [0.5, 0.6) is 0 Å². The predicted molar refractivity (Wildman–Crippen MR) is 138 cm³/mol. The number of Topliss-reactive ketones (excluding diaryl/α,β-unsaturated/α-hetero) is 1. The topological polar surface area (TPSA) is 120 Å². The van der Waals surface area contributed by atoms with Crippen molar-refractivity contribution in [1.29, 1.82) is 0 Å². The number of hydrogen-bond acceptors (Lipinski definition) is 4. The van der Waals surface area contributed by atoms with E-state index in [0.29, 0.717) is 11.1 Å². The number of H-pyrrole nitrogens is 1. The first-order chi connectivity index (χ1) is 17.9. The van der Waals surface area contributed by atoms with Crippen LogP contribution >= 0.6 is 19.6 Å². The molecule has 1 aliphatic heterocycles. The zero-order valence-corrected chi connectivity index (χ0v) is 22.2. The number of ketones is 1. The molecule has 1 aromatic heterocycles. The van der Waals surface area contributed by atoms with Gasteiger partial charge in [0.2, 0.25) is 17.0 Å². The van der Waals surface area contributed by atoms with Crippen LogP contribution in [0.15, 0.2) is 48.7 Å². The van der Waals surface area contributed by atoms with E-state index in [1.807, 2.05) is 6.07 Å². The fourth-order valence-electron chi connectivity index (χ4n) is 4.88. The van der Waals surface area contributed by atoms with Gasteiger partial charge in [-0.05, 0) is 42.0 Å². The summed E-state index contributed by atoms with van der Waals surface area (Å²) in [6.07, 6.45) is -0.629. The zero-order chi connectivity index (χ0) is 27.8. The zero-order valence-electron chi connectivity index (χ0n) is 20.6. The lowest BCUT2D eigenvalue weighted by Crippen LogP contribution is -2.50. The van der Waals surface area contributed by atoms with Gasteiger partial charge >= 0.3 is 8.03 Å². The minimum atomic E-state index is -2.94. The van der Waals surface area contributed by atoms with Gasteiger partial charge in [0.05, 0.1) is 23.9 Å². The third-order valence-corrected chi connectivity index (χ3v) is 8.63. The van der Waals surface area contributed by atoms with Gasteiger partial charge in [0.15, 0.2) is 0 Å². The van der Waals surface area contributed by atoms with Gasteiger partial charge in [-0.2, -0.15) is 4.89 Å². The number of fused-ring (bicyclic) bond motifs is 1. The number of carbonyl (C=O) groups is 3. The Morgan fingerprint density at radius 2 is 2.00 bits per heavy atom. The number of benzene rings is 2. The van der Waals surface area contributed by atoms with Crippen LogP contribution in [-0.2, 0) is 30.6 Å². The van der Waals surface area contributed by atoms with E-state index in [0.717, 1.165) is 17.2 Å². The Balaban J connectivity index is 1.60. The Bertz CT molecular complexity index is 1430. The van der Waals surface area contributed by atoms with Crippen molar-refractivity contribution < 1.29 is 32.6 Å². The Morgan fingerprint density at radius 3 is 2.68 bits per heavy atom. The summed E-state index contributed by atoms with van der Waals surface area (Å²) >= 11 is 5.79. The van der Waals surface area contributed by atoms with E-state index in [-0.39, 0.29) is 17.1 Å². The predicted octanol–water partition coefficient (Wildman–Crippen LogP) is 4.37. The van der Waals surface area contributed by atoms with Crippen LogP contribution in [0, 0.1) is 11.7 Å². The number of likely N-dealkylation sites (tertiary alicyclic amines) is 1. The van der Waals surface area contributed by atoms with E-state index < -0.39 is 67.7 Å². The van der Waals surface area contributed by atoms with E-state index in [1.165, 1.54) is 25.1 Å². The molecular weight excluding hydrogens is 539 g/mol. The number of aromatic nitrogens is 1. The minimum absolute atomic E-state index is 0.0717. The standard InChI is InChI=1S/C26H25ClF2N3O5P/c1-14(33)22-19(28)13-32(24(22)25(35)31-12-16-4-3-5-18(27)23(16)29)21(34)11-26(2,38(36)37)17-7-6-15-8-9-30-20(15)10-17/h3-10,19,22,24,30H,11-13H2,1-2H3,(H-,31,35,36,37)/p+1/t19-,22?,24-,26?/m0/s1. The van der Waals surface area contributed by atoms with Crippen LogP contribution in [0.25, 0.3) is 10.9 Å². The molecule has 2 aromatic carbocycles. The van der Waals surface area contributed by atoms with Crippen LogP contribution in [0.2, 0.25) is 5.02 Å². The smallest absolute Gasteiger partial charge is 0.361 e. The van der Waals surface area contributed by atoms with E-state index in [9.17, 15) is 28.2 Å². The average molecular weight is 565 g/mol. The van der Waals surface area contributed by atoms with E-state index in [1.54, 1.807) is 24.4 Å². The molecule has 200 valence electrons. The van der Waals surface area contributed by atoms with Crippen molar-refractivity contribution in [3.63, 3.8) is 0 Å². The summed E-state index contributed by atoms with van der Waals surface area (Å²) in [5, 5.41) is 1.64. The Labute approximate surface area is 223 Å². The molecule has 8 nitrogen and oxygen atoms in total. The van der Waals surface area contributed by atoms with Crippen molar-refractivity contribution in [2.75, 3.05) is 6.54 Å². The molecule has 0 saturated carbocycles. The maximum atomic E-state index is 15.0. The number of amides is 2. The SMILES string of the molecule is CC(=O)C1[C@@H](C(=O)NCc2cccc(Cl)c2F)N(C(=O)CC(C)(c2ccc3cc[nH]c3c2)[P+](=O)O)C[C@@H]1F. The van der Waals surface area contributed by atoms with Crippen LogP contribution in [0.1, 0.15) is 31.4 Å². The Hall–Kier alpha value is -3.20. The second-order valence-electron chi connectivity index (χ2n) is 9.58. The lowest BCUT2D eigenvalue weighted by Gasteiger charge is -2.28. The van der Waals surface area contributed by atoms with Gasteiger partial charge < -0.3 is 15.2 Å². The molecule has 0 bridgehead atoms. The monoisotopic (exact) mass is 564 g/mol. The highest BCUT2D eigenvalue weighted by Gasteiger charge is 2.54. The third kappa shape index (κ3) is 5.21. The third-order valence-electron chi connectivity index (χ3n) is 7.07. The maximum absolute atomic E-state index is 15.0. The average Bonchev–Trinajstić information content (AvgIpc) is 3.48. The number of hydrogen-bond donors (Lipinski definition) is 3. The molecule has 1 saturated heterocycles. The van der Waals surface area contributed by atoms with Gasteiger partial charge in [0.25, 0.3) is 0 Å². The molecule has 3 aromatic rings. The van der Waals surface area contributed by atoms with Gasteiger partial charge in [0, 0.05) is 29.4 Å². The van der Waals surface area contributed by atoms with E-state index in [4.69, 9.17) is 11.6 Å². The number of nitrogens with zero attached hydrogens (tertiary/aromatic N) is 1. The Kier molecular flexibility index (Phi) is 7.97. The van der Waals surface area contributed by atoms with Gasteiger partial charge in [-0.25, -0.2) is 8.78 Å².